The van der Waals surface area contributed by atoms with Crippen molar-refractivity contribution in [2.24, 2.45) is 5.92 Å². The summed E-state index contributed by atoms with van der Waals surface area (Å²) in [6.07, 6.45) is 6.42. The van der Waals surface area contributed by atoms with E-state index in [2.05, 4.69) is 4.90 Å². The van der Waals surface area contributed by atoms with Gasteiger partial charge in [0.2, 0.25) is 0 Å². The van der Waals surface area contributed by atoms with Crippen LogP contribution < -0.4 is 0 Å². The molecule has 2 aliphatic rings. The Balaban J connectivity index is 1.63. The van der Waals surface area contributed by atoms with E-state index in [1.54, 1.807) is 0 Å². The molecule has 2 nitrogen and oxygen atoms in total. The number of carbonyl (C=O) groups excluding carboxylic acids is 1. The smallest absolute Gasteiger partial charge is 0.148 e. The van der Waals surface area contributed by atoms with Gasteiger partial charge in [0, 0.05) is 13.0 Å². The zero-order valence-corrected chi connectivity index (χ0v) is 7.59. The third kappa shape index (κ3) is 1.86. The second kappa shape index (κ2) is 3.56. The van der Waals surface area contributed by atoms with Crippen LogP contribution in [0, 0.1) is 5.92 Å². The van der Waals surface area contributed by atoms with Crippen molar-refractivity contribution in [2.75, 3.05) is 19.6 Å². The monoisotopic (exact) mass is 167 g/mol. The first-order chi connectivity index (χ1) is 5.84. The molecule has 0 aromatic carbocycles. The zero-order valence-electron chi connectivity index (χ0n) is 7.59. The molecule has 2 rings (SSSR count). The maximum atomic E-state index is 10.9. The van der Waals surface area contributed by atoms with Crippen LogP contribution in [0.4, 0.5) is 0 Å². The first-order valence-electron chi connectivity index (χ1n) is 5.08. The Kier molecular flexibility index (Phi) is 2.45. The molecule has 1 aliphatic heterocycles. The third-order valence-corrected chi connectivity index (χ3v) is 3.19. The molecule has 1 aliphatic carbocycles. The van der Waals surface area contributed by atoms with Crippen LogP contribution >= 0.6 is 0 Å². The lowest BCUT2D eigenvalue weighted by Gasteiger charge is -2.27. The van der Waals surface area contributed by atoms with Gasteiger partial charge in [-0.25, -0.2) is 0 Å². The van der Waals surface area contributed by atoms with Crippen LogP contribution in [0.15, 0.2) is 0 Å². The molecule has 12 heavy (non-hydrogen) atoms. The van der Waals surface area contributed by atoms with Gasteiger partial charge in [0.25, 0.3) is 0 Å². The first kappa shape index (κ1) is 8.24. The molecule has 1 saturated heterocycles. The molecule has 0 aromatic heterocycles. The van der Waals surface area contributed by atoms with Gasteiger partial charge in [-0.3, -0.25) is 9.69 Å². The largest absolute Gasteiger partial charge is 0.298 e. The standard InChI is InChI=1S/C10H17NO/c12-10-5-7-11(8-10)6-4-9-2-1-3-9/h9H,1-8H2. The number of carbonyl (C=O) groups is 1. The van der Waals surface area contributed by atoms with Crippen LogP contribution in [0.5, 0.6) is 0 Å². The highest BCUT2D eigenvalue weighted by Crippen LogP contribution is 2.29. The van der Waals surface area contributed by atoms with Crippen LogP contribution in [0.25, 0.3) is 0 Å². The van der Waals surface area contributed by atoms with E-state index in [0.29, 0.717) is 5.78 Å². The zero-order chi connectivity index (χ0) is 8.39. The van der Waals surface area contributed by atoms with Crippen molar-refractivity contribution >= 4 is 5.78 Å². The second-order valence-corrected chi connectivity index (χ2v) is 4.15. The molecule has 1 saturated carbocycles. The van der Waals surface area contributed by atoms with E-state index in [9.17, 15) is 4.79 Å². The van der Waals surface area contributed by atoms with Crippen molar-refractivity contribution in [2.45, 2.75) is 32.1 Å². The fraction of sp³-hybridized carbons (Fsp3) is 0.900. The van der Waals surface area contributed by atoms with Gasteiger partial charge >= 0.3 is 0 Å². The molecule has 0 radical (unpaired) electrons. The third-order valence-electron chi connectivity index (χ3n) is 3.19. The minimum atomic E-state index is 0.434. The number of ketones is 1. The topological polar surface area (TPSA) is 20.3 Å². The normalized spacial score (nSPS) is 26.2. The molecule has 0 amide bonds. The number of nitrogens with zero attached hydrogens (tertiary/aromatic N) is 1. The summed E-state index contributed by atoms with van der Waals surface area (Å²) in [7, 11) is 0. The summed E-state index contributed by atoms with van der Waals surface area (Å²) in [5, 5.41) is 0. The maximum absolute atomic E-state index is 10.9. The van der Waals surface area contributed by atoms with Gasteiger partial charge < -0.3 is 0 Å². The van der Waals surface area contributed by atoms with E-state index in [0.717, 1.165) is 32.0 Å². The number of rotatable bonds is 3. The predicted molar refractivity (Wildman–Crippen MR) is 48.0 cm³/mol. The lowest BCUT2D eigenvalue weighted by Crippen LogP contribution is -2.25. The van der Waals surface area contributed by atoms with Crippen molar-refractivity contribution in [3.05, 3.63) is 0 Å². The average molecular weight is 167 g/mol. The van der Waals surface area contributed by atoms with Crippen LogP contribution in [0.2, 0.25) is 0 Å². The van der Waals surface area contributed by atoms with Crippen molar-refractivity contribution in [3.63, 3.8) is 0 Å². The Morgan fingerprint density at radius 3 is 2.75 bits per heavy atom. The quantitative estimate of drug-likeness (QED) is 0.634. The van der Waals surface area contributed by atoms with Crippen molar-refractivity contribution < 1.29 is 4.79 Å². The Morgan fingerprint density at radius 2 is 2.25 bits per heavy atom. The number of likely N-dealkylation sites (tertiary alicyclic amines) is 1. The van der Waals surface area contributed by atoms with Crippen molar-refractivity contribution in [1.82, 2.24) is 4.90 Å². The minimum Gasteiger partial charge on any atom is -0.298 e. The molecule has 1 heterocycles. The van der Waals surface area contributed by atoms with Gasteiger partial charge in [-0.05, 0) is 18.9 Å². The lowest BCUT2D eigenvalue weighted by atomic mass is 9.83. The van der Waals surface area contributed by atoms with E-state index in [-0.39, 0.29) is 0 Å². The highest BCUT2D eigenvalue weighted by atomic mass is 16.1. The lowest BCUT2D eigenvalue weighted by molar-refractivity contribution is -0.116. The maximum Gasteiger partial charge on any atom is 0.148 e. The molecule has 0 N–H and O–H groups in total. The van der Waals surface area contributed by atoms with Gasteiger partial charge in [-0.1, -0.05) is 19.3 Å². The van der Waals surface area contributed by atoms with E-state index in [1.807, 2.05) is 0 Å². The molecule has 2 heteroatoms. The Hall–Kier alpha value is -0.370. The summed E-state index contributed by atoms with van der Waals surface area (Å²) in [4.78, 5) is 13.2. The van der Waals surface area contributed by atoms with Gasteiger partial charge in [0.1, 0.15) is 5.78 Å². The number of Topliss-reactive ketones (excluding diaryl/α,β-unsaturated/α-hetero) is 1. The van der Waals surface area contributed by atoms with E-state index >= 15 is 0 Å². The predicted octanol–water partition coefficient (Wildman–Crippen LogP) is 1.45. The van der Waals surface area contributed by atoms with Crippen LogP contribution in [-0.2, 0) is 4.79 Å². The first-order valence-corrected chi connectivity index (χ1v) is 5.08. The molecule has 68 valence electrons. The van der Waals surface area contributed by atoms with Gasteiger partial charge in [-0.15, -0.1) is 0 Å². The fourth-order valence-electron chi connectivity index (χ4n) is 2.03. The van der Waals surface area contributed by atoms with Crippen molar-refractivity contribution in [1.29, 1.82) is 0 Å². The average Bonchev–Trinajstić information content (AvgIpc) is 2.32. The Bertz CT molecular complexity index is 175. The fourth-order valence-corrected chi connectivity index (χ4v) is 2.03. The Morgan fingerprint density at radius 1 is 1.42 bits per heavy atom. The number of hydrogen-bond acceptors (Lipinski definition) is 2. The Labute approximate surface area is 73.9 Å². The molecule has 0 aromatic rings. The molecule has 0 atom stereocenters. The van der Waals surface area contributed by atoms with Crippen molar-refractivity contribution in [3.8, 4) is 0 Å². The van der Waals surface area contributed by atoms with E-state index in [1.165, 1.54) is 25.7 Å². The van der Waals surface area contributed by atoms with E-state index in [4.69, 9.17) is 0 Å². The summed E-state index contributed by atoms with van der Waals surface area (Å²) in [5.74, 6) is 1.42. The molecular weight excluding hydrogens is 150 g/mol. The minimum absolute atomic E-state index is 0.434. The SMILES string of the molecule is O=C1CCN(CCC2CCC2)C1. The molecule has 2 fully saturated rings. The molecule has 0 bridgehead atoms. The summed E-state index contributed by atoms with van der Waals surface area (Å²) < 4.78 is 0. The number of hydrogen-bond donors (Lipinski definition) is 0. The van der Waals surface area contributed by atoms with Gasteiger partial charge in [0.15, 0.2) is 0 Å². The molecular formula is C10H17NO. The van der Waals surface area contributed by atoms with Crippen LogP contribution in [0.1, 0.15) is 32.1 Å². The molecule has 0 unspecified atom stereocenters. The van der Waals surface area contributed by atoms with Gasteiger partial charge in [-0.2, -0.15) is 0 Å². The van der Waals surface area contributed by atoms with Gasteiger partial charge in [0.05, 0.1) is 6.54 Å². The summed E-state index contributed by atoms with van der Waals surface area (Å²) in [6, 6.07) is 0. The highest BCUT2D eigenvalue weighted by Gasteiger charge is 2.22. The van der Waals surface area contributed by atoms with Crippen LogP contribution in [-0.4, -0.2) is 30.3 Å². The summed E-state index contributed by atoms with van der Waals surface area (Å²) >= 11 is 0. The molecule has 0 spiro atoms. The summed E-state index contributed by atoms with van der Waals surface area (Å²) in [6.45, 7) is 2.91. The summed E-state index contributed by atoms with van der Waals surface area (Å²) in [5.41, 5.74) is 0. The van der Waals surface area contributed by atoms with Crippen LogP contribution in [0.3, 0.4) is 0 Å². The highest BCUT2D eigenvalue weighted by molar-refractivity contribution is 5.82. The second-order valence-electron chi connectivity index (χ2n) is 4.15. The van der Waals surface area contributed by atoms with E-state index < -0.39 is 0 Å².